The van der Waals surface area contributed by atoms with E-state index in [9.17, 15) is 5.26 Å². The average Bonchev–Trinajstić information content (AvgIpc) is 2.53. The van der Waals surface area contributed by atoms with Crippen LogP contribution in [-0.2, 0) is 12.8 Å². The van der Waals surface area contributed by atoms with Crippen molar-refractivity contribution in [1.29, 1.82) is 5.26 Å². The number of benzene rings is 1. The van der Waals surface area contributed by atoms with Crippen LogP contribution < -0.4 is 0 Å². The standard InChI is InChI=1S/C21H29NS/c1-4-5-20(23)13-17(14-22)7-8-18-9-10-19-12-15(2)6-11-21(19)16(18)3/h7-10,15,17,20,23H,4-6,11-13H2,1-3H3/b8-7+. The van der Waals surface area contributed by atoms with E-state index in [4.69, 9.17) is 0 Å². The predicted octanol–water partition coefficient (Wildman–Crippen LogP) is 5.76. The highest BCUT2D eigenvalue weighted by molar-refractivity contribution is 7.80. The van der Waals surface area contributed by atoms with Gasteiger partial charge < -0.3 is 0 Å². The first-order chi connectivity index (χ1) is 11.0. The quantitative estimate of drug-likeness (QED) is 0.660. The van der Waals surface area contributed by atoms with Crippen molar-refractivity contribution in [3.8, 4) is 6.07 Å². The van der Waals surface area contributed by atoms with Gasteiger partial charge in [0, 0.05) is 5.25 Å². The molecule has 3 atom stereocenters. The van der Waals surface area contributed by atoms with Gasteiger partial charge in [-0.15, -0.1) is 0 Å². The Bertz CT molecular complexity index is 597. The maximum Gasteiger partial charge on any atom is 0.0698 e. The molecule has 0 heterocycles. The summed E-state index contributed by atoms with van der Waals surface area (Å²) in [5.41, 5.74) is 5.73. The third-order valence-corrected chi connectivity index (χ3v) is 5.48. The van der Waals surface area contributed by atoms with Crippen LogP contribution in [0.4, 0.5) is 0 Å². The zero-order valence-electron chi connectivity index (χ0n) is 14.7. The molecule has 1 aromatic carbocycles. The zero-order chi connectivity index (χ0) is 16.8. The Morgan fingerprint density at radius 1 is 1.43 bits per heavy atom. The van der Waals surface area contributed by atoms with E-state index in [-0.39, 0.29) is 5.92 Å². The van der Waals surface area contributed by atoms with Crippen LogP contribution in [0.3, 0.4) is 0 Å². The minimum atomic E-state index is -0.0421. The van der Waals surface area contributed by atoms with Crippen LogP contribution in [0.5, 0.6) is 0 Å². The second kappa shape index (κ2) is 8.60. The number of hydrogen-bond acceptors (Lipinski definition) is 2. The van der Waals surface area contributed by atoms with Crippen LogP contribution in [0.25, 0.3) is 6.08 Å². The van der Waals surface area contributed by atoms with Gasteiger partial charge in [0.15, 0.2) is 0 Å². The second-order valence-corrected chi connectivity index (χ2v) is 7.77. The summed E-state index contributed by atoms with van der Waals surface area (Å²) in [5.74, 6) is 0.761. The summed E-state index contributed by atoms with van der Waals surface area (Å²) in [4.78, 5) is 0. The highest BCUT2D eigenvalue weighted by Crippen LogP contribution is 2.30. The summed E-state index contributed by atoms with van der Waals surface area (Å²) in [7, 11) is 0. The van der Waals surface area contributed by atoms with E-state index in [0.29, 0.717) is 5.25 Å². The lowest BCUT2D eigenvalue weighted by molar-refractivity contribution is 0.500. The van der Waals surface area contributed by atoms with Gasteiger partial charge in [0.2, 0.25) is 0 Å². The first-order valence-corrected chi connectivity index (χ1v) is 9.44. The summed E-state index contributed by atoms with van der Waals surface area (Å²) in [6.07, 6.45) is 10.9. The van der Waals surface area contributed by atoms with E-state index < -0.39 is 0 Å². The Labute approximate surface area is 147 Å². The van der Waals surface area contributed by atoms with Gasteiger partial charge >= 0.3 is 0 Å². The summed E-state index contributed by atoms with van der Waals surface area (Å²) in [5, 5.41) is 9.70. The van der Waals surface area contributed by atoms with Crippen LogP contribution in [0.1, 0.15) is 61.8 Å². The first kappa shape index (κ1) is 18.1. The highest BCUT2D eigenvalue weighted by Gasteiger charge is 2.17. The third kappa shape index (κ3) is 4.88. The third-order valence-electron chi connectivity index (χ3n) is 5.01. The molecule has 0 fully saturated rings. The molecular weight excluding hydrogens is 298 g/mol. The van der Waals surface area contributed by atoms with Gasteiger partial charge in [-0.1, -0.05) is 44.6 Å². The van der Waals surface area contributed by atoms with Gasteiger partial charge in [0.05, 0.1) is 12.0 Å². The van der Waals surface area contributed by atoms with Crippen molar-refractivity contribution >= 4 is 18.7 Å². The number of fused-ring (bicyclic) bond motifs is 1. The summed E-state index contributed by atoms with van der Waals surface area (Å²) in [6, 6.07) is 6.93. The van der Waals surface area contributed by atoms with Crippen molar-refractivity contribution in [1.82, 2.24) is 0 Å². The Morgan fingerprint density at radius 3 is 2.91 bits per heavy atom. The largest absolute Gasteiger partial charge is 0.198 e. The van der Waals surface area contributed by atoms with E-state index in [1.54, 1.807) is 0 Å². The fourth-order valence-corrected chi connectivity index (χ4v) is 4.04. The lowest BCUT2D eigenvalue weighted by Gasteiger charge is -2.24. The molecule has 0 radical (unpaired) electrons. The zero-order valence-corrected chi connectivity index (χ0v) is 15.6. The summed E-state index contributed by atoms with van der Waals surface area (Å²) in [6.45, 7) is 6.74. The molecule has 1 aliphatic carbocycles. The van der Waals surface area contributed by atoms with Crippen molar-refractivity contribution in [2.75, 3.05) is 0 Å². The lowest BCUT2D eigenvalue weighted by atomic mass is 9.81. The molecule has 0 amide bonds. The van der Waals surface area contributed by atoms with Crippen LogP contribution in [-0.4, -0.2) is 5.25 Å². The number of nitriles is 1. The predicted molar refractivity (Wildman–Crippen MR) is 103 cm³/mol. The van der Waals surface area contributed by atoms with E-state index in [0.717, 1.165) is 25.2 Å². The maximum atomic E-state index is 9.38. The van der Waals surface area contributed by atoms with Crippen molar-refractivity contribution in [3.05, 3.63) is 40.5 Å². The molecule has 2 rings (SSSR count). The van der Waals surface area contributed by atoms with Gasteiger partial charge in [-0.25, -0.2) is 0 Å². The highest BCUT2D eigenvalue weighted by atomic mass is 32.1. The Balaban J connectivity index is 2.11. The number of hydrogen-bond donors (Lipinski definition) is 1. The second-order valence-electron chi connectivity index (χ2n) is 7.04. The van der Waals surface area contributed by atoms with Crippen molar-refractivity contribution in [2.24, 2.45) is 11.8 Å². The molecule has 2 heteroatoms. The smallest absolute Gasteiger partial charge is 0.0698 e. The number of nitrogens with zero attached hydrogens (tertiary/aromatic N) is 1. The topological polar surface area (TPSA) is 23.8 Å². The van der Waals surface area contributed by atoms with Gasteiger partial charge in [0.1, 0.15) is 0 Å². The first-order valence-electron chi connectivity index (χ1n) is 8.92. The molecule has 0 spiro atoms. The molecule has 23 heavy (non-hydrogen) atoms. The average molecular weight is 328 g/mol. The van der Waals surface area contributed by atoms with Crippen molar-refractivity contribution in [3.63, 3.8) is 0 Å². The molecule has 0 aliphatic heterocycles. The van der Waals surface area contributed by atoms with E-state index in [2.05, 4.69) is 63.8 Å². The molecule has 124 valence electrons. The molecule has 1 aliphatic rings. The molecule has 1 nitrogen and oxygen atoms in total. The van der Waals surface area contributed by atoms with Crippen LogP contribution in [0.2, 0.25) is 0 Å². The number of rotatable bonds is 6. The minimum absolute atomic E-state index is 0.0421. The fourth-order valence-electron chi connectivity index (χ4n) is 3.56. The minimum Gasteiger partial charge on any atom is -0.198 e. The molecule has 0 saturated carbocycles. The van der Waals surface area contributed by atoms with Crippen LogP contribution in [0, 0.1) is 30.1 Å². The van der Waals surface area contributed by atoms with Crippen LogP contribution in [0.15, 0.2) is 18.2 Å². The molecule has 0 bridgehead atoms. The van der Waals surface area contributed by atoms with Crippen LogP contribution >= 0.6 is 12.6 Å². The Kier molecular flexibility index (Phi) is 6.78. The monoisotopic (exact) mass is 327 g/mol. The molecule has 0 N–H and O–H groups in total. The van der Waals surface area contributed by atoms with Gasteiger partial charge in [-0.05, 0) is 67.2 Å². The van der Waals surface area contributed by atoms with Gasteiger partial charge in [0.25, 0.3) is 0 Å². The van der Waals surface area contributed by atoms with Gasteiger partial charge in [-0.2, -0.15) is 17.9 Å². The SMILES string of the molecule is CCCC(S)CC(C#N)/C=C/c1ccc2c(c1C)CCC(C)C2. The number of thiol groups is 1. The molecular formula is C21H29NS. The number of allylic oxidation sites excluding steroid dienone is 1. The molecule has 0 aromatic heterocycles. The molecule has 0 saturated heterocycles. The van der Waals surface area contributed by atoms with E-state index >= 15 is 0 Å². The molecule has 3 unspecified atom stereocenters. The Morgan fingerprint density at radius 2 is 2.22 bits per heavy atom. The van der Waals surface area contributed by atoms with Crippen molar-refractivity contribution < 1.29 is 0 Å². The lowest BCUT2D eigenvalue weighted by Crippen LogP contribution is -2.13. The summed E-state index contributed by atoms with van der Waals surface area (Å²) < 4.78 is 0. The Hall–Kier alpha value is -1.20. The van der Waals surface area contributed by atoms with E-state index in [1.807, 2.05) is 0 Å². The fraction of sp³-hybridized carbons (Fsp3) is 0.571. The summed E-state index contributed by atoms with van der Waals surface area (Å²) >= 11 is 4.59. The molecule has 1 aromatic rings. The normalized spacial score (nSPS) is 20.0. The van der Waals surface area contributed by atoms with E-state index in [1.165, 1.54) is 41.5 Å². The van der Waals surface area contributed by atoms with Gasteiger partial charge in [-0.3, -0.25) is 0 Å². The van der Waals surface area contributed by atoms with Crippen molar-refractivity contribution in [2.45, 2.75) is 64.5 Å². The maximum absolute atomic E-state index is 9.38.